The predicted molar refractivity (Wildman–Crippen MR) is 205 cm³/mol. The molecule has 0 fully saturated rings. The lowest BCUT2D eigenvalue weighted by molar-refractivity contribution is 0.660. The van der Waals surface area contributed by atoms with Crippen molar-refractivity contribution in [2.24, 2.45) is 0 Å². The van der Waals surface area contributed by atoms with Crippen LogP contribution in [0.2, 0.25) is 0 Å². The van der Waals surface area contributed by atoms with Gasteiger partial charge in [-0.15, -0.1) is 0 Å². The number of fused-ring (bicyclic) bond motifs is 5. The maximum absolute atomic E-state index is 2.45. The highest BCUT2D eigenvalue weighted by molar-refractivity contribution is 6.22. The van der Waals surface area contributed by atoms with E-state index in [9.17, 15) is 0 Å². The van der Waals surface area contributed by atoms with Crippen molar-refractivity contribution < 1.29 is 0 Å². The zero-order valence-electron chi connectivity index (χ0n) is 27.6. The SMILES string of the molecule is Cc1ccc2c(-c3ccccc3-c3ccc(-c4ccccc4)cc3)c3ccccc3c(-c3ccc4c(c3)-c3ccccc3C4(C)C)c2c1. The molecule has 0 aromatic heterocycles. The van der Waals surface area contributed by atoms with Gasteiger partial charge in [-0.2, -0.15) is 0 Å². The van der Waals surface area contributed by atoms with Crippen molar-refractivity contribution in [3.05, 3.63) is 180 Å². The summed E-state index contributed by atoms with van der Waals surface area (Å²) in [6.07, 6.45) is 0. The topological polar surface area (TPSA) is 0 Å². The van der Waals surface area contributed by atoms with Gasteiger partial charge in [0.15, 0.2) is 0 Å². The van der Waals surface area contributed by atoms with Crippen LogP contribution in [0.5, 0.6) is 0 Å². The third kappa shape index (κ3) is 4.37. The van der Waals surface area contributed by atoms with Crippen LogP contribution in [0.15, 0.2) is 164 Å². The van der Waals surface area contributed by atoms with Crippen LogP contribution in [-0.2, 0) is 5.41 Å². The fourth-order valence-electron chi connectivity index (χ4n) is 8.19. The zero-order valence-corrected chi connectivity index (χ0v) is 27.6. The molecule has 0 heteroatoms. The fourth-order valence-corrected chi connectivity index (χ4v) is 8.19. The second-order valence-electron chi connectivity index (χ2n) is 13.8. The Labute approximate surface area is 283 Å². The molecular weight excluding hydrogens is 577 g/mol. The highest BCUT2D eigenvalue weighted by Crippen LogP contribution is 2.51. The predicted octanol–water partition coefficient (Wildman–Crippen LogP) is 13.3. The molecule has 0 bridgehead atoms. The van der Waals surface area contributed by atoms with Crippen LogP contribution in [0.3, 0.4) is 0 Å². The molecule has 0 N–H and O–H groups in total. The lowest BCUT2D eigenvalue weighted by atomic mass is 9.81. The number of rotatable bonds is 4. The normalized spacial score (nSPS) is 13.1. The molecule has 0 atom stereocenters. The Morgan fingerprint density at radius 1 is 0.333 bits per heavy atom. The number of hydrogen-bond acceptors (Lipinski definition) is 0. The van der Waals surface area contributed by atoms with E-state index in [2.05, 4.69) is 185 Å². The third-order valence-electron chi connectivity index (χ3n) is 10.6. The summed E-state index contributed by atoms with van der Waals surface area (Å²) in [6.45, 7) is 6.92. The molecule has 228 valence electrons. The van der Waals surface area contributed by atoms with Crippen molar-refractivity contribution in [3.63, 3.8) is 0 Å². The quantitative estimate of drug-likeness (QED) is 0.173. The summed E-state index contributed by atoms with van der Waals surface area (Å²) in [4.78, 5) is 0. The maximum atomic E-state index is 2.45. The summed E-state index contributed by atoms with van der Waals surface area (Å²) in [6, 6.07) is 60.7. The molecule has 0 amide bonds. The minimum atomic E-state index is -0.0158. The van der Waals surface area contributed by atoms with Crippen molar-refractivity contribution in [1.29, 1.82) is 0 Å². The molecule has 0 unspecified atom stereocenters. The Balaban J connectivity index is 1.29. The first kappa shape index (κ1) is 28.5. The Bertz CT molecular complexity index is 2510. The standard InChI is InChI=1S/C48H36/c1-31-21-27-41-43(29-31)46(35-26-28-45-42(30-35)37-16-11-12-20-44(37)48(45,2)3)39-18-9-10-19-40(39)47(41)38-17-8-7-15-36(38)34-24-22-33(23-25-34)32-13-5-4-6-14-32/h4-30H,1-3H3. The zero-order chi connectivity index (χ0) is 32.4. The van der Waals surface area contributed by atoms with Crippen LogP contribution in [0.1, 0.15) is 30.5 Å². The molecule has 48 heavy (non-hydrogen) atoms. The van der Waals surface area contributed by atoms with Crippen LogP contribution < -0.4 is 0 Å². The number of aryl methyl sites for hydroxylation is 1. The number of hydrogen-bond donors (Lipinski definition) is 0. The number of benzene rings is 8. The van der Waals surface area contributed by atoms with E-state index >= 15 is 0 Å². The van der Waals surface area contributed by atoms with E-state index in [0.29, 0.717) is 0 Å². The highest BCUT2D eigenvalue weighted by Gasteiger charge is 2.35. The van der Waals surface area contributed by atoms with Gasteiger partial charge in [-0.05, 0) is 101 Å². The van der Waals surface area contributed by atoms with Gasteiger partial charge in [0, 0.05) is 5.41 Å². The average molecular weight is 613 g/mol. The third-order valence-corrected chi connectivity index (χ3v) is 10.6. The van der Waals surface area contributed by atoms with Gasteiger partial charge in [0.25, 0.3) is 0 Å². The molecule has 0 spiro atoms. The summed E-state index contributed by atoms with van der Waals surface area (Å²) < 4.78 is 0. The Morgan fingerprint density at radius 3 is 1.65 bits per heavy atom. The second-order valence-corrected chi connectivity index (χ2v) is 13.8. The average Bonchev–Trinajstić information content (AvgIpc) is 3.36. The molecule has 9 rings (SSSR count). The first-order chi connectivity index (χ1) is 23.5. The minimum Gasteiger partial charge on any atom is -0.0622 e. The molecule has 1 aliphatic carbocycles. The fraction of sp³-hybridized carbons (Fsp3) is 0.0833. The molecule has 0 saturated heterocycles. The van der Waals surface area contributed by atoms with Gasteiger partial charge < -0.3 is 0 Å². The van der Waals surface area contributed by atoms with Crippen molar-refractivity contribution >= 4 is 21.5 Å². The Kier molecular flexibility index (Phi) is 6.49. The summed E-state index contributed by atoms with van der Waals surface area (Å²) in [5.41, 5.74) is 16.8. The van der Waals surface area contributed by atoms with Gasteiger partial charge in [0.1, 0.15) is 0 Å². The highest BCUT2D eigenvalue weighted by atomic mass is 14.4. The van der Waals surface area contributed by atoms with Gasteiger partial charge in [-0.25, -0.2) is 0 Å². The monoisotopic (exact) mass is 612 g/mol. The van der Waals surface area contributed by atoms with Gasteiger partial charge >= 0.3 is 0 Å². The second kappa shape index (κ2) is 10.9. The van der Waals surface area contributed by atoms with Crippen molar-refractivity contribution in [2.45, 2.75) is 26.2 Å². The molecule has 8 aromatic carbocycles. The first-order valence-electron chi connectivity index (χ1n) is 16.9. The van der Waals surface area contributed by atoms with Crippen LogP contribution in [0.4, 0.5) is 0 Å². The molecule has 0 heterocycles. The summed E-state index contributed by atoms with van der Waals surface area (Å²) in [5.74, 6) is 0. The largest absolute Gasteiger partial charge is 0.0622 e. The summed E-state index contributed by atoms with van der Waals surface area (Å²) in [7, 11) is 0. The van der Waals surface area contributed by atoms with Gasteiger partial charge in [-0.3, -0.25) is 0 Å². The van der Waals surface area contributed by atoms with E-state index in [1.165, 1.54) is 93.9 Å². The van der Waals surface area contributed by atoms with Gasteiger partial charge in [-0.1, -0.05) is 177 Å². The Hall–Kier alpha value is -5.72. The van der Waals surface area contributed by atoms with Crippen molar-refractivity contribution in [2.75, 3.05) is 0 Å². The summed E-state index contributed by atoms with van der Waals surface area (Å²) in [5, 5.41) is 5.14. The lowest BCUT2D eigenvalue weighted by Crippen LogP contribution is -2.14. The van der Waals surface area contributed by atoms with Crippen LogP contribution >= 0.6 is 0 Å². The van der Waals surface area contributed by atoms with E-state index in [1.54, 1.807) is 0 Å². The van der Waals surface area contributed by atoms with E-state index in [4.69, 9.17) is 0 Å². The Morgan fingerprint density at radius 2 is 0.875 bits per heavy atom. The lowest BCUT2D eigenvalue weighted by Gasteiger charge is -2.22. The molecule has 0 aliphatic heterocycles. The molecular formula is C48H36. The van der Waals surface area contributed by atoms with Crippen LogP contribution in [-0.4, -0.2) is 0 Å². The molecule has 0 saturated carbocycles. The van der Waals surface area contributed by atoms with E-state index in [-0.39, 0.29) is 5.41 Å². The van der Waals surface area contributed by atoms with Crippen molar-refractivity contribution in [1.82, 2.24) is 0 Å². The van der Waals surface area contributed by atoms with Crippen LogP contribution in [0.25, 0.3) is 77.2 Å². The van der Waals surface area contributed by atoms with Gasteiger partial charge in [0.2, 0.25) is 0 Å². The minimum absolute atomic E-state index is 0.0158. The summed E-state index contributed by atoms with van der Waals surface area (Å²) >= 11 is 0. The van der Waals surface area contributed by atoms with E-state index in [1.807, 2.05) is 0 Å². The smallest absolute Gasteiger partial charge is 0.0158 e. The van der Waals surface area contributed by atoms with E-state index in [0.717, 1.165) is 0 Å². The van der Waals surface area contributed by atoms with Gasteiger partial charge in [0.05, 0.1) is 0 Å². The van der Waals surface area contributed by atoms with E-state index < -0.39 is 0 Å². The van der Waals surface area contributed by atoms with Crippen LogP contribution in [0, 0.1) is 6.92 Å². The first-order valence-corrected chi connectivity index (χ1v) is 16.9. The maximum Gasteiger partial charge on any atom is 0.0158 e. The molecule has 0 nitrogen and oxygen atoms in total. The molecule has 1 aliphatic rings. The molecule has 8 aromatic rings. The van der Waals surface area contributed by atoms with Crippen molar-refractivity contribution in [3.8, 4) is 55.6 Å². The molecule has 0 radical (unpaired) electrons.